The molecular weight excluding hydrogens is 278 g/mol. The minimum atomic E-state index is 0.569. The van der Waals surface area contributed by atoms with E-state index >= 15 is 0 Å². The predicted molar refractivity (Wildman–Crippen MR) is 85.0 cm³/mol. The summed E-state index contributed by atoms with van der Waals surface area (Å²) < 4.78 is 11.0. The Labute approximate surface area is 130 Å². The van der Waals surface area contributed by atoms with Gasteiger partial charge in [0.25, 0.3) is 0 Å². The van der Waals surface area contributed by atoms with E-state index in [0.29, 0.717) is 5.92 Å². The highest BCUT2D eigenvalue weighted by Gasteiger charge is 2.24. The van der Waals surface area contributed by atoms with Crippen LogP contribution in [0.4, 0.5) is 0 Å². The van der Waals surface area contributed by atoms with Crippen molar-refractivity contribution in [3.63, 3.8) is 0 Å². The molecule has 0 saturated carbocycles. The van der Waals surface area contributed by atoms with Gasteiger partial charge in [-0.1, -0.05) is 0 Å². The third-order valence-electron chi connectivity index (χ3n) is 4.83. The number of nitrogens with zero attached hydrogens (tertiary/aromatic N) is 2. The van der Waals surface area contributed by atoms with Crippen LogP contribution >= 0.6 is 0 Å². The third kappa shape index (κ3) is 2.76. The molecule has 5 nitrogen and oxygen atoms in total. The van der Waals surface area contributed by atoms with Crippen LogP contribution in [0, 0.1) is 0 Å². The molecule has 0 aliphatic carbocycles. The molecule has 4 rings (SSSR count). The second-order valence-electron chi connectivity index (χ2n) is 6.19. The van der Waals surface area contributed by atoms with E-state index in [4.69, 9.17) is 9.47 Å². The second kappa shape index (κ2) is 6.36. The van der Waals surface area contributed by atoms with Gasteiger partial charge in [0.15, 0.2) is 0 Å². The number of H-pyrrole nitrogens is 1. The quantitative estimate of drug-likeness (QED) is 0.945. The SMILES string of the molecule is c1cnc2[nH]c(C3CCOCC3)c(CN3CCOCC3)c2c1. The maximum absolute atomic E-state index is 5.53. The number of aromatic nitrogens is 2. The van der Waals surface area contributed by atoms with Gasteiger partial charge in [-0.25, -0.2) is 4.98 Å². The average molecular weight is 301 g/mol. The van der Waals surface area contributed by atoms with Gasteiger partial charge in [0.05, 0.1) is 13.2 Å². The monoisotopic (exact) mass is 301 g/mol. The van der Waals surface area contributed by atoms with Crippen LogP contribution in [0.15, 0.2) is 18.3 Å². The number of hydrogen-bond acceptors (Lipinski definition) is 4. The molecule has 2 fully saturated rings. The lowest BCUT2D eigenvalue weighted by molar-refractivity contribution is 0.0340. The van der Waals surface area contributed by atoms with Gasteiger partial charge >= 0.3 is 0 Å². The number of hydrogen-bond donors (Lipinski definition) is 1. The van der Waals surface area contributed by atoms with Gasteiger partial charge in [-0.05, 0) is 30.5 Å². The van der Waals surface area contributed by atoms with Gasteiger partial charge in [-0.15, -0.1) is 0 Å². The first-order valence-corrected chi connectivity index (χ1v) is 8.25. The number of rotatable bonds is 3. The van der Waals surface area contributed by atoms with Crippen LogP contribution in [0.5, 0.6) is 0 Å². The maximum atomic E-state index is 5.53. The Morgan fingerprint density at radius 3 is 2.73 bits per heavy atom. The molecule has 5 heteroatoms. The summed E-state index contributed by atoms with van der Waals surface area (Å²) in [4.78, 5) is 10.6. The summed E-state index contributed by atoms with van der Waals surface area (Å²) in [6.45, 7) is 6.43. The predicted octanol–water partition coefficient (Wildman–Crippen LogP) is 2.29. The molecular formula is C17H23N3O2. The van der Waals surface area contributed by atoms with Crippen molar-refractivity contribution in [1.29, 1.82) is 0 Å². The van der Waals surface area contributed by atoms with Gasteiger partial charge in [0, 0.05) is 56.0 Å². The van der Waals surface area contributed by atoms with Gasteiger partial charge < -0.3 is 14.5 Å². The van der Waals surface area contributed by atoms with Crippen molar-refractivity contribution in [3.8, 4) is 0 Å². The largest absolute Gasteiger partial charge is 0.381 e. The number of aromatic amines is 1. The fraction of sp³-hybridized carbons (Fsp3) is 0.588. The summed E-state index contributed by atoms with van der Waals surface area (Å²) in [5.41, 5.74) is 3.83. The first-order chi connectivity index (χ1) is 10.9. The molecule has 0 spiro atoms. The molecule has 22 heavy (non-hydrogen) atoms. The Balaban J connectivity index is 1.69. The molecule has 0 unspecified atom stereocenters. The van der Waals surface area contributed by atoms with Crippen LogP contribution in [0.3, 0.4) is 0 Å². The molecule has 2 saturated heterocycles. The number of nitrogens with one attached hydrogen (secondary N) is 1. The van der Waals surface area contributed by atoms with E-state index in [1.54, 1.807) is 0 Å². The Kier molecular flexibility index (Phi) is 4.10. The zero-order valence-electron chi connectivity index (χ0n) is 12.9. The maximum Gasteiger partial charge on any atom is 0.137 e. The number of ether oxygens (including phenoxy) is 2. The van der Waals surface area contributed by atoms with Crippen molar-refractivity contribution < 1.29 is 9.47 Å². The highest BCUT2D eigenvalue weighted by molar-refractivity contribution is 5.81. The highest BCUT2D eigenvalue weighted by atomic mass is 16.5. The molecule has 1 N–H and O–H groups in total. The van der Waals surface area contributed by atoms with E-state index in [1.165, 1.54) is 16.6 Å². The van der Waals surface area contributed by atoms with Crippen LogP contribution in [-0.2, 0) is 16.0 Å². The van der Waals surface area contributed by atoms with Crippen molar-refractivity contribution in [2.75, 3.05) is 39.5 Å². The number of pyridine rings is 1. The number of fused-ring (bicyclic) bond motifs is 1. The summed E-state index contributed by atoms with van der Waals surface area (Å²) in [5, 5.41) is 1.27. The summed E-state index contributed by atoms with van der Waals surface area (Å²) in [7, 11) is 0. The fourth-order valence-electron chi connectivity index (χ4n) is 3.58. The van der Waals surface area contributed by atoms with Crippen molar-refractivity contribution >= 4 is 11.0 Å². The van der Waals surface area contributed by atoms with Crippen LogP contribution < -0.4 is 0 Å². The zero-order valence-corrected chi connectivity index (χ0v) is 12.9. The lowest BCUT2D eigenvalue weighted by Gasteiger charge is -2.28. The van der Waals surface area contributed by atoms with Crippen molar-refractivity contribution in [2.24, 2.45) is 0 Å². The van der Waals surface area contributed by atoms with Crippen LogP contribution in [0.25, 0.3) is 11.0 Å². The van der Waals surface area contributed by atoms with Gasteiger partial charge in [-0.3, -0.25) is 4.90 Å². The molecule has 0 atom stereocenters. The summed E-state index contributed by atoms with van der Waals surface area (Å²) >= 11 is 0. The molecule has 2 aromatic rings. The van der Waals surface area contributed by atoms with Gasteiger partial charge in [-0.2, -0.15) is 0 Å². The molecule has 4 heterocycles. The smallest absolute Gasteiger partial charge is 0.137 e. The second-order valence-corrected chi connectivity index (χ2v) is 6.19. The Morgan fingerprint density at radius 1 is 1.14 bits per heavy atom. The van der Waals surface area contributed by atoms with E-state index in [-0.39, 0.29) is 0 Å². The minimum Gasteiger partial charge on any atom is -0.381 e. The first-order valence-electron chi connectivity index (χ1n) is 8.25. The van der Waals surface area contributed by atoms with Crippen LogP contribution in [0.2, 0.25) is 0 Å². The highest BCUT2D eigenvalue weighted by Crippen LogP contribution is 2.33. The summed E-state index contributed by atoms with van der Waals surface area (Å²) in [6, 6.07) is 4.23. The van der Waals surface area contributed by atoms with E-state index in [2.05, 4.69) is 20.9 Å². The van der Waals surface area contributed by atoms with E-state index in [0.717, 1.165) is 64.6 Å². The Bertz CT molecular complexity index is 628. The van der Waals surface area contributed by atoms with Crippen molar-refractivity contribution in [1.82, 2.24) is 14.9 Å². The molecule has 0 radical (unpaired) electrons. The lowest BCUT2D eigenvalue weighted by atomic mass is 9.93. The average Bonchev–Trinajstić information content (AvgIpc) is 2.95. The normalized spacial score (nSPS) is 21.5. The van der Waals surface area contributed by atoms with E-state index in [1.807, 2.05) is 12.3 Å². The molecule has 2 aromatic heterocycles. The Hall–Kier alpha value is -1.43. The Morgan fingerprint density at radius 2 is 1.91 bits per heavy atom. The fourth-order valence-corrected chi connectivity index (χ4v) is 3.58. The molecule has 2 aliphatic heterocycles. The van der Waals surface area contributed by atoms with Crippen molar-refractivity contribution in [3.05, 3.63) is 29.6 Å². The van der Waals surface area contributed by atoms with Gasteiger partial charge in [0.2, 0.25) is 0 Å². The molecule has 2 aliphatic rings. The molecule has 0 bridgehead atoms. The van der Waals surface area contributed by atoms with Gasteiger partial charge in [0.1, 0.15) is 5.65 Å². The summed E-state index contributed by atoms with van der Waals surface area (Å²) in [5.74, 6) is 0.569. The lowest BCUT2D eigenvalue weighted by Crippen LogP contribution is -2.36. The van der Waals surface area contributed by atoms with E-state index in [9.17, 15) is 0 Å². The molecule has 118 valence electrons. The molecule has 0 aromatic carbocycles. The first kappa shape index (κ1) is 14.2. The third-order valence-corrected chi connectivity index (χ3v) is 4.83. The topological polar surface area (TPSA) is 50.4 Å². The standard InChI is InChI=1S/C17H23N3O2/c1-2-14-15(12-20-6-10-22-11-7-20)16(19-17(14)18-5-1)13-3-8-21-9-4-13/h1-2,5,13H,3-4,6-12H2,(H,18,19). The minimum absolute atomic E-state index is 0.569. The van der Waals surface area contributed by atoms with Crippen molar-refractivity contribution in [2.45, 2.75) is 25.3 Å². The summed E-state index contributed by atoms with van der Waals surface area (Å²) in [6.07, 6.45) is 4.07. The van der Waals surface area contributed by atoms with E-state index < -0.39 is 0 Å². The zero-order chi connectivity index (χ0) is 14.8. The number of morpholine rings is 1. The van der Waals surface area contributed by atoms with Crippen LogP contribution in [0.1, 0.15) is 30.0 Å². The van der Waals surface area contributed by atoms with Crippen LogP contribution in [-0.4, -0.2) is 54.4 Å². The molecule has 0 amide bonds.